The van der Waals surface area contributed by atoms with Gasteiger partial charge in [-0.1, -0.05) is 6.07 Å². The summed E-state index contributed by atoms with van der Waals surface area (Å²) in [5.41, 5.74) is 0.287. The molecule has 1 aromatic carbocycles. The molecule has 114 valence electrons. The quantitative estimate of drug-likeness (QED) is 0.775. The lowest BCUT2D eigenvalue weighted by atomic mass is 9.99. The first kappa shape index (κ1) is 15.8. The first-order chi connectivity index (χ1) is 10.0. The highest BCUT2D eigenvalue weighted by Crippen LogP contribution is 2.27. The molecule has 0 saturated carbocycles. The lowest BCUT2D eigenvalue weighted by molar-refractivity contribution is 0.0698. The van der Waals surface area contributed by atoms with Crippen LogP contribution < -0.4 is 5.32 Å². The Labute approximate surface area is 130 Å². The summed E-state index contributed by atoms with van der Waals surface area (Å²) in [5.74, 6) is -1.01. The van der Waals surface area contributed by atoms with Gasteiger partial charge >= 0.3 is 12.0 Å². The molecule has 1 heterocycles. The zero-order valence-electron chi connectivity index (χ0n) is 11.4. The van der Waals surface area contributed by atoms with E-state index < -0.39 is 5.97 Å². The second-order valence-electron chi connectivity index (χ2n) is 5.03. The normalized spacial score (nSPS) is 18.4. The SMILES string of the molecule is O=C(O)c1cccc(Br)c1NC(=O)N1CCCC(CO)C1. The van der Waals surface area contributed by atoms with Crippen molar-refractivity contribution in [1.29, 1.82) is 0 Å². The molecule has 3 N–H and O–H groups in total. The number of para-hydroxylation sites is 1. The van der Waals surface area contributed by atoms with Crippen molar-refractivity contribution in [3.05, 3.63) is 28.2 Å². The van der Waals surface area contributed by atoms with Gasteiger partial charge in [0.2, 0.25) is 0 Å². The number of rotatable bonds is 3. The Kier molecular flexibility index (Phi) is 5.19. The van der Waals surface area contributed by atoms with E-state index in [4.69, 9.17) is 0 Å². The maximum Gasteiger partial charge on any atom is 0.337 e. The molecule has 2 rings (SSSR count). The van der Waals surface area contributed by atoms with E-state index in [2.05, 4.69) is 21.2 Å². The lowest BCUT2D eigenvalue weighted by Crippen LogP contribution is -2.43. The molecule has 0 bridgehead atoms. The highest BCUT2D eigenvalue weighted by Gasteiger charge is 2.24. The third-order valence-electron chi connectivity index (χ3n) is 3.54. The van der Waals surface area contributed by atoms with Gasteiger partial charge in [0.15, 0.2) is 0 Å². The molecule has 1 aliphatic heterocycles. The Morgan fingerprint density at radius 3 is 2.86 bits per heavy atom. The molecular formula is C14H17BrN2O4. The molecule has 0 aliphatic carbocycles. The van der Waals surface area contributed by atoms with Crippen LogP contribution in [-0.2, 0) is 0 Å². The Balaban J connectivity index is 2.14. The number of carboxylic acids is 1. The summed E-state index contributed by atoms with van der Waals surface area (Å²) in [6.07, 6.45) is 1.73. The van der Waals surface area contributed by atoms with Crippen LogP contribution in [0, 0.1) is 5.92 Å². The van der Waals surface area contributed by atoms with Gasteiger partial charge in [0.1, 0.15) is 0 Å². The van der Waals surface area contributed by atoms with E-state index in [0.717, 1.165) is 12.8 Å². The van der Waals surface area contributed by atoms with Crippen molar-refractivity contribution in [3.63, 3.8) is 0 Å². The summed E-state index contributed by atoms with van der Waals surface area (Å²) in [5, 5.41) is 21.0. The second kappa shape index (κ2) is 6.91. The van der Waals surface area contributed by atoms with Gasteiger partial charge < -0.3 is 20.4 Å². The largest absolute Gasteiger partial charge is 0.478 e. The molecule has 1 atom stereocenters. The predicted molar refractivity (Wildman–Crippen MR) is 81.5 cm³/mol. The van der Waals surface area contributed by atoms with E-state index in [0.29, 0.717) is 17.6 Å². The molecule has 1 aliphatic rings. The topological polar surface area (TPSA) is 89.9 Å². The maximum absolute atomic E-state index is 12.3. The van der Waals surface area contributed by atoms with Crippen LogP contribution in [0.3, 0.4) is 0 Å². The molecular weight excluding hydrogens is 340 g/mol. The Bertz CT molecular complexity index is 550. The van der Waals surface area contributed by atoms with Crippen LogP contribution >= 0.6 is 15.9 Å². The third-order valence-corrected chi connectivity index (χ3v) is 4.20. The number of halogens is 1. The molecule has 1 fully saturated rings. The minimum atomic E-state index is -1.10. The minimum absolute atomic E-state index is 0.0356. The predicted octanol–water partition coefficient (Wildman–Crippen LogP) is 2.38. The van der Waals surface area contributed by atoms with Gasteiger partial charge in [-0.05, 0) is 46.8 Å². The number of nitrogens with one attached hydrogen (secondary N) is 1. The summed E-state index contributed by atoms with van der Waals surface area (Å²) in [7, 11) is 0. The lowest BCUT2D eigenvalue weighted by Gasteiger charge is -2.32. The van der Waals surface area contributed by atoms with Gasteiger partial charge in [0.05, 0.1) is 11.3 Å². The molecule has 21 heavy (non-hydrogen) atoms. The van der Waals surface area contributed by atoms with Crippen LogP contribution in [0.2, 0.25) is 0 Å². The van der Waals surface area contributed by atoms with E-state index >= 15 is 0 Å². The summed E-state index contributed by atoms with van der Waals surface area (Å²) in [6.45, 7) is 1.14. The summed E-state index contributed by atoms with van der Waals surface area (Å²) in [4.78, 5) is 25.1. The Morgan fingerprint density at radius 1 is 1.43 bits per heavy atom. The molecule has 0 spiro atoms. The third kappa shape index (κ3) is 3.74. The van der Waals surface area contributed by atoms with E-state index in [1.165, 1.54) is 6.07 Å². The number of aliphatic hydroxyl groups excluding tert-OH is 1. The highest BCUT2D eigenvalue weighted by atomic mass is 79.9. The standard InChI is InChI=1S/C14H17BrN2O4/c15-11-5-1-4-10(13(19)20)12(11)16-14(21)17-6-2-3-9(7-17)8-18/h1,4-5,9,18H,2-3,6-8H2,(H,16,21)(H,19,20). The number of likely N-dealkylation sites (tertiary alicyclic amines) is 1. The van der Waals surface area contributed by atoms with Crippen molar-refractivity contribution in [1.82, 2.24) is 4.90 Å². The van der Waals surface area contributed by atoms with Gasteiger partial charge in [-0.2, -0.15) is 0 Å². The number of aliphatic hydroxyl groups is 1. The van der Waals surface area contributed by atoms with Gasteiger partial charge in [-0.15, -0.1) is 0 Å². The maximum atomic E-state index is 12.3. The first-order valence-electron chi connectivity index (χ1n) is 6.71. The van der Waals surface area contributed by atoms with Crippen LogP contribution in [0.15, 0.2) is 22.7 Å². The number of carbonyl (C=O) groups excluding carboxylic acids is 1. The summed E-state index contributed by atoms with van der Waals surface area (Å²) >= 11 is 3.26. The van der Waals surface area contributed by atoms with Crippen LogP contribution in [0.4, 0.5) is 10.5 Å². The molecule has 6 nitrogen and oxygen atoms in total. The minimum Gasteiger partial charge on any atom is -0.478 e. The fraction of sp³-hybridized carbons (Fsp3) is 0.429. The Morgan fingerprint density at radius 2 is 2.19 bits per heavy atom. The molecule has 1 saturated heterocycles. The number of carbonyl (C=O) groups is 2. The van der Waals surface area contributed by atoms with Crippen LogP contribution in [0.25, 0.3) is 0 Å². The van der Waals surface area contributed by atoms with Crippen LogP contribution in [0.5, 0.6) is 0 Å². The van der Waals surface area contributed by atoms with E-state index in [1.807, 2.05) is 0 Å². The zero-order chi connectivity index (χ0) is 15.4. The van der Waals surface area contributed by atoms with Crippen molar-refractivity contribution in [3.8, 4) is 0 Å². The number of nitrogens with zero attached hydrogens (tertiary/aromatic N) is 1. The number of benzene rings is 1. The van der Waals surface area contributed by atoms with Crippen molar-refractivity contribution < 1.29 is 19.8 Å². The Hall–Kier alpha value is -1.60. The van der Waals surface area contributed by atoms with E-state index in [9.17, 15) is 19.8 Å². The van der Waals surface area contributed by atoms with Gasteiger partial charge in [0.25, 0.3) is 0 Å². The number of piperidine rings is 1. The first-order valence-corrected chi connectivity index (χ1v) is 7.50. The van der Waals surface area contributed by atoms with E-state index in [1.54, 1.807) is 17.0 Å². The molecule has 1 unspecified atom stereocenters. The fourth-order valence-corrected chi connectivity index (χ4v) is 2.88. The number of hydrogen-bond donors (Lipinski definition) is 3. The van der Waals surface area contributed by atoms with E-state index in [-0.39, 0.29) is 29.8 Å². The van der Waals surface area contributed by atoms with Crippen molar-refractivity contribution in [2.45, 2.75) is 12.8 Å². The molecule has 7 heteroatoms. The summed E-state index contributed by atoms with van der Waals surface area (Å²) in [6, 6.07) is 4.37. The average Bonchev–Trinajstić information content (AvgIpc) is 2.49. The summed E-state index contributed by atoms with van der Waals surface area (Å²) < 4.78 is 0.520. The zero-order valence-corrected chi connectivity index (χ0v) is 13.0. The molecule has 2 amide bonds. The second-order valence-corrected chi connectivity index (χ2v) is 5.89. The van der Waals surface area contributed by atoms with Gasteiger partial charge in [0, 0.05) is 24.2 Å². The van der Waals surface area contributed by atoms with Crippen LogP contribution in [0.1, 0.15) is 23.2 Å². The van der Waals surface area contributed by atoms with Crippen molar-refractivity contribution in [2.24, 2.45) is 5.92 Å². The van der Waals surface area contributed by atoms with Gasteiger partial charge in [-0.25, -0.2) is 9.59 Å². The smallest absolute Gasteiger partial charge is 0.337 e. The molecule has 0 aromatic heterocycles. The number of hydrogen-bond acceptors (Lipinski definition) is 3. The number of urea groups is 1. The number of anilines is 1. The molecule has 0 radical (unpaired) electrons. The number of amides is 2. The average molecular weight is 357 g/mol. The highest BCUT2D eigenvalue weighted by molar-refractivity contribution is 9.10. The van der Waals surface area contributed by atoms with Crippen LogP contribution in [-0.4, -0.2) is 46.8 Å². The van der Waals surface area contributed by atoms with Gasteiger partial charge in [-0.3, -0.25) is 0 Å². The van der Waals surface area contributed by atoms with Crippen molar-refractivity contribution >= 4 is 33.6 Å². The molecule has 1 aromatic rings. The monoisotopic (exact) mass is 356 g/mol. The van der Waals surface area contributed by atoms with Crippen molar-refractivity contribution in [2.75, 3.05) is 25.0 Å². The fourth-order valence-electron chi connectivity index (χ4n) is 2.41. The number of aromatic carboxylic acids is 1. The number of carboxylic acid groups (broad SMARTS) is 1.